The SMILES string of the molecule is NC(C(=O)c1ccccc1)c1cc([N+](=O)[O-])cc2c1NC(C(=O)O)C(=O)N2. The number of amides is 1. The summed E-state index contributed by atoms with van der Waals surface area (Å²) in [4.78, 5) is 46.3. The molecule has 10 nitrogen and oxygen atoms in total. The number of benzene rings is 2. The van der Waals surface area contributed by atoms with E-state index in [1.54, 1.807) is 30.3 Å². The van der Waals surface area contributed by atoms with E-state index >= 15 is 0 Å². The summed E-state index contributed by atoms with van der Waals surface area (Å²) in [5.41, 5.74) is 6.00. The smallest absolute Gasteiger partial charge is 0.336 e. The molecule has 2 unspecified atom stereocenters. The highest BCUT2D eigenvalue weighted by molar-refractivity contribution is 6.15. The van der Waals surface area contributed by atoms with Crippen molar-refractivity contribution in [2.45, 2.75) is 12.1 Å². The van der Waals surface area contributed by atoms with E-state index in [9.17, 15) is 24.5 Å². The van der Waals surface area contributed by atoms with E-state index in [2.05, 4.69) is 10.6 Å². The number of carboxylic acid groups (broad SMARTS) is 1. The van der Waals surface area contributed by atoms with Gasteiger partial charge in [0.05, 0.1) is 22.3 Å². The predicted molar refractivity (Wildman–Crippen MR) is 94.5 cm³/mol. The van der Waals surface area contributed by atoms with Crippen LogP contribution in [0.1, 0.15) is 22.0 Å². The van der Waals surface area contributed by atoms with Gasteiger partial charge < -0.3 is 21.5 Å². The Labute approximate surface area is 152 Å². The Hall–Kier alpha value is -3.79. The summed E-state index contributed by atoms with van der Waals surface area (Å²) < 4.78 is 0. The van der Waals surface area contributed by atoms with E-state index in [1.165, 1.54) is 0 Å². The quantitative estimate of drug-likeness (QED) is 0.264. The van der Waals surface area contributed by atoms with Gasteiger partial charge in [-0.2, -0.15) is 0 Å². The maximum Gasteiger partial charge on any atom is 0.336 e. The number of hydrogen-bond acceptors (Lipinski definition) is 7. The van der Waals surface area contributed by atoms with Crippen LogP contribution in [0, 0.1) is 10.1 Å². The van der Waals surface area contributed by atoms with Crippen LogP contribution in [-0.4, -0.2) is 33.7 Å². The standard InChI is InChI=1S/C17H14N4O6/c18-12(15(22)8-4-2-1-3-5-8)10-6-9(21(26)27)7-11-13(10)20-14(17(24)25)16(23)19-11/h1-7,12,14,20H,18H2,(H,19,23)(H,24,25). The Bertz CT molecular complexity index is 959. The first-order valence-electron chi connectivity index (χ1n) is 7.77. The Balaban J connectivity index is 2.11. The van der Waals surface area contributed by atoms with E-state index < -0.39 is 40.4 Å². The van der Waals surface area contributed by atoms with Gasteiger partial charge in [0.25, 0.3) is 11.6 Å². The first kappa shape index (κ1) is 18.0. The van der Waals surface area contributed by atoms with Crippen LogP contribution >= 0.6 is 0 Å². The van der Waals surface area contributed by atoms with E-state index in [0.29, 0.717) is 5.56 Å². The average Bonchev–Trinajstić information content (AvgIpc) is 2.65. The molecule has 5 N–H and O–H groups in total. The number of nitrogens with zero attached hydrogens (tertiary/aromatic N) is 1. The van der Waals surface area contributed by atoms with E-state index in [0.717, 1.165) is 12.1 Å². The highest BCUT2D eigenvalue weighted by Crippen LogP contribution is 2.38. The Kier molecular flexibility index (Phi) is 4.57. The molecule has 0 aromatic heterocycles. The second-order valence-electron chi connectivity index (χ2n) is 5.83. The van der Waals surface area contributed by atoms with Crippen molar-refractivity contribution >= 4 is 34.7 Å². The van der Waals surface area contributed by atoms with Gasteiger partial charge in [0.1, 0.15) is 0 Å². The van der Waals surface area contributed by atoms with Crippen LogP contribution in [0.4, 0.5) is 17.1 Å². The Morgan fingerprint density at radius 3 is 2.48 bits per heavy atom. The molecule has 2 atom stereocenters. The first-order chi connectivity index (χ1) is 12.8. The second kappa shape index (κ2) is 6.84. The number of nitrogens with one attached hydrogen (secondary N) is 2. The van der Waals surface area contributed by atoms with Crippen molar-refractivity contribution in [2.24, 2.45) is 5.73 Å². The molecule has 1 aliphatic rings. The number of nitro groups is 1. The molecule has 2 aromatic carbocycles. The maximum atomic E-state index is 12.7. The number of nitro benzene ring substituents is 1. The fourth-order valence-electron chi connectivity index (χ4n) is 2.77. The maximum absolute atomic E-state index is 12.7. The number of rotatable bonds is 5. The van der Waals surface area contributed by atoms with Gasteiger partial charge in [-0.3, -0.25) is 19.7 Å². The predicted octanol–water partition coefficient (Wildman–Crippen LogP) is 1.29. The minimum atomic E-state index is -1.61. The zero-order valence-corrected chi connectivity index (χ0v) is 13.7. The van der Waals surface area contributed by atoms with Crippen molar-refractivity contribution in [3.8, 4) is 0 Å². The highest BCUT2D eigenvalue weighted by atomic mass is 16.6. The second-order valence-corrected chi connectivity index (χ2v) is 5.83. The molecule has 0 aliphatic carbocycles. The lowest BCUT2D eigenvalue weighted by molar-refractivity contribution is -0.384. The Morgan fingerprint density at radius 1 is 1.22 bits per heavy atom. The van der Waals surface area contributed by atoms with Crippen molar-refractivity contribution in [1.29, 1.82) is 0 Å². The van der Waals surface area contributed by atoms with Crippen molar-refractivity contribution in [3.05, 3.63) is 63.7 Å². The molecule has 0 radical (unpaired) electrons. The molecular weight excluding hydrogens is 356 g/mol. The van der Waals surface area contributed by atoms with Gasteiger partial charge in [0, 0.05) is 23.3 Å². The average molecular weight is 370 g/mol. The van der Waals surface area contributed by atoms with Gasteiger partial charge in [0.15, 0.2) is 5.78 Å². The molecule has 1 aliphatic heterocycles. The number of ketones is 1. The molecule has 1 amide bonds. The topological polar surface area (TPSA) is 165 Å². The summed E-state index contributed by atoms with van der Waals surface area (Å²) in [5.74, 6) is -2.83. The summed E-state index contributed by atoms with van der Waals surface area (Å²) >= 11 is 0. The summed E-state index contributed by atoms with van der Waals surface area (Å²) in [7, 11) is 0. The van der Waals surface area contributed by atoms with Crippen molar-refractivity contribution < 1.29 is 24.4 Å². The summed E-state index contributed by atoms with van der Waals surface area (Å²) in [6.45, 7) is 0. The number of fused-ring (bicyclic) bond motifs is 1. The number of anilines is 2. The largest absolute Gasteiger partial charge is 0.479 e. The van der Waals surface area contributed by atoms with E-state index in [4.69, 9.17) is 10.8 Å². The fraction of sp³-hybridized carbons (Fsp3) is 0.118. The molecule has 3 rings (SSSR count). The third kappa shape index (κ3) is 3.33. The molecule has 0 spiro atoms. The molecular formula is C17H14N4O6. The number of carbonyl (C=O) groups excluding carboxylic acids is 2. The molecule has 0 bridgehead atoms. The first-order valence-corrected chi connectivity index (χ1v) is 7.77. The number of nitrogens with two attached hydrogens (primary N) is 1. The minimum absolute atomic E-state index is 0.0132. The highest BCUT2D eigenvalue weighted by Gasteiger charge is 2.36. The minimum Gasteiger partial charge on any atom is -0.479 e. The fourth-order valence-corrected chi connectivity index (χ4v) is 2.77. The van der Waals surface area contributed by atoms with Crippen LogP contribution in [-0.2, 0) is 9.59 Å². The van der Waals surface area contributed by atoms with Gasteiger partial charge in [-0.15, -0.1) is 0 Å². The number of aliphatic carboxylic acids is 1. The van der Waals surface area contributed by atoms with Crippen LogP contribution < -0.4 is 16.4 Å². The normalized spacial score (nSPS) is 16.5. The molecule has 138 valence electrons. The van der Waals surface area contributed by atoms with Gasteiger partial charge in [-0.25, -0.2) is 4.79 Å². The number of carboxylic acids is 1. The third-order valence-electron chi connectivity index (χ3n) is 4.10. The van der Waals surface area contributed by atoms with Gasteiger partial charge in [-0.1, -0.05) is 30.3 Å². The lowest BCUT2D eigenvalue weighted by atomic mass is 9.94. The van der Waals surface area contributed by atoms with E-state index in [1.807, 2.05) is 0 Å². The summed E-state index contributed by atoms with van der Waals surface area (Å²) in [6.07, 6.45) is 0. The van der Waals surface area contributed by atoms with Crippen LogP contribution in [0.5, 0.6) is 0 Å². The van der Waals surface area contributed by atoms with Crippen LogP contribution in [0.3, 0.4) is 0 Å². The van der Waals surface area contributed by atoms with Crippen molar-refractivity contribution in [1.82, 2.24) is 0 Å². The zero-order chi connectivity index (χ0) is 19.7. The summed E-state index contributed by atoms with van der Waals surface area (Å²) in [6, 6.07) is 7.32. The van der Waals surface area contributed by atoms with Crippen LogP contribution in [0.25, 0.3) is 0 Å². The lowest BCUT2D eigenvalue weighted by Gasteiger charge is -2.27. The molecule has 10 heteroatoms. The van der Waals surface area contributed by atoms with Crippen molar-refractivity contribution in [2.75, 3.05) is 10.6 Å². The van der Waals surface area contributed by atoms with Crippen LogP contribution in [0.2, 0.25) is 0 Å². The number of non-ortho nitro benzene ring substituents is 1. The van der Waals surface area contributed by atoms with Gasteiger partial charge in [-0.05, 0) is 0 Å². The summed E-state index contributed by atoms with van der Waals surface area (Å²) in [5, 5.41) is 25.2. The van der Waals surface area contributed by atoms with Gasteiger partial charge >= 0.3 is 5.97 Å². The molecule has 0 saturated heterocycles. The third-order valence-corrected chi connectivity index (χ3v) is 4.10. The molecule has 1 heterocycles. The van der Waals surface area contributed by atoms with E-state index in [-0.39, 0.29) is 16.9 Å². The van der Waals surface area contributed by atoms with Crippen LogP contribution in [0.15, 0.2) is 42.5 Å². The molecule has 0 fully saturated rings. The number of hydrogen-bond donors (Lipinski definition) is 4. The molecule has 0 saturated carbocycles. The monoisotopic (exact) mass is 370 g/mol. The lowest BCUT2D eigenvalue weighted by Crippen LogP contribution is -2.45. The van der Waals surface area contributed by atoms with Crippen molar-refractivity contribution in [3.63, 3.8) is 0 Å². The number of carbonyl (C=O) groups is 3. The van der Waals surface area contributed by atoms with Gasteiger partial charge in [0.2, 0.25) is 6.04 Å². The zero-order valence-electron chi connectivity index (χ0n) is 13.7. The number of Topliss-reactive ketones (excluding diaryl/α,β-unsaturated/α-hetero) is 1. The molecule has 27 heavy (non-hydrogen) atoms. The molecule has 2 aromatic rings. The Morgan fingerprint density at radius 2 is 1.89 bits per heavy atom.